The average molecular weight is 361 g/mol. The Kier molecular flexibility index (Phi) is 5.67. The summed E-state index contributed by atoms with van der Waals surface area (Å²) in [6.07, 6.45) is 3.77. The average Bonchev–Trinajstić information content (AvgIpc) is 2.85. The number of halogens is 1. The van der Waals surface area contributed by atoms with Crippen molar-refractivity contribution in [2.75, 3.05) is 7.11 Å². The highest BCUT2D eigenvalue weighted by atomic mass is 35.5. The lowest BCUT2D eigenvalue weighted by Crippen LogP contribution is -2.48. The molecule has 1 aromatic carbocycles. The predicted molar refractivity (Wildman–Crippen MR) is 88.3 cm³/mol. The van der Waals surface area contributed by atoms with Gasteiger partial charge in [-0.05, 0) is 37.8 Å². The summed E-state index contributed by atoms with van der Waals surface area (Å²) in [7, 11) is -2.50. The van der Waals surface area contributed by atoms with Crippen molar-refractivity contribution in [3.8, 4) is 0 Å². The highest BCUT2D eigenvalue weighted by Crippen LogP contribution is 2.28. The molecule has 2 fully saturated rings. The molecule has 2 aliphatic heterocycles. The van der Waals surface area contributed by atoms with Gasteiger partial charge in [0.25, 0.3) is 0 Å². The number of rotatable bonds is 4. The maximum absolute atomic E-state index is 12.6. The summed E-state index contributed by atoms with van der Waals surface area (Å²) in [4.78, 5) is 11.7. The van der Waals surface area contributed by atoms with Crippen molar-refractivity contribution in [1.29, 1.82) is 0 Å². The van der Waals surface area contributed by atoms with Gasteiger partial charge in [-0.3, -0.25) is 0 Å². The van der Waals surface area contributed by atoms with Gasteiger partial charge in [0.1, 0.15) is 0 Å². The van der Waals surface area contributed by atoms with Crippen LogP contribution in [0, 0.1) is 0 Å². The molecule has 2 atom stereocenters. The summed E-state index contributed by atoms with van der Waals surface area (Å²) < 4.78 is 32.7. The third-order valence-corrected chi connectivity index (χ3v) is 5.96. The van der Waals surface area contributed by atoms with Crippen LogP contribution in [0.1, 0.15) is 36.0 Å². The number of methoxy groups -OCH3 is 1. The van der Waals surface area contributed by atoms with Crippen LogP contribution in [0.4, 0.5) is 0 Å². The van der Waals surface area contributed by atoms with Crippen LogP contribution in [0.25, 0.3) is 0 Å². The number of hydrogen-bond acceptors (Lipinski definition) is 5. The maximum Gasteiger partial charge on any atom is 0.339 e. The van der Waals surface area contributed by atoms with E-state index >= 15 is 0 Å². The fraction of sp³-hybridized carbons (Fsp3) is 0.533. The van der Waals surface area contributed by atoms with E-state index in [1.807, 2.05) is 0 Å². The minimum absolute atomic E-state index is 0. The number of piperidine rings is 1. The number of esters is 1. The van der Waals surface area contributed by atoms with Gasteiger partial charge < -0.3 is 10.1 Å². The summed E-state index contributed by atoms with van der Waals surface area (Å²) in [6.45, 7) is 0. The van der Waals surface area contributed by atoms with Crippen molar-refractivity contribution in [2.24, 2.45) is 0 Å². The Labute approximate surface area is 142 Å². The van der Waals surface area contributed by atoms with Crippen LogP contribution < -0.4 is 10.0 Å². The van der Waals surface area contributed by atoms with Gasteiger partial charge >= 0.3 is 5.97 Å². The van der Waals surface area contributed by atoms with Crippen LogP contribution in [0.2, 0.25) is 0 Å². The fourth-order valence-electron chi connectivity index (χ4n) is 3.42. The molecule has 23 heavy (non-hydrogen) atoms. The van der Waals surface area contributed by atoms with Crippen molar-refractivity contribution in [2.45, 2.75) is 48.7 Å². The molecule has 8 heteroatoms. The van der Waals surface area contributed by atoms with Crippen molar-refractivity contribution >= 4 is 28.4 Å². The highest BCUT2D eigenvalue weighted by molar-refractivity contribution is 7.89. The van der Waals surface area contributed by atoms with Gasteiger partial charge in [0.15, 0.2) is 0 Å². The lowest BCUT2D eigenvalue weighted by atomic mass is 10.0. The number of carbonyl (C=O) groups excluding carboxylic acids is 1. The Balaban J connectivity index is 0.00000192. The number of sulfonamides is 1. The number of fused-ring (bicyclic) bond motifs is 2. The van der Waals surface area contributed by atoms with E-state index < -0.39 is 16.0 Å². The molecule has 0 amide bonds. The second kappa shape index (κ2) is 7.17. The molecular formula is C15H21ClN2O4S. The van der Waals surface area contributed by atoms with Gasteiger partial charge in [-0.15, -0.1) is 12.4 Å². The molecule has 6 nitrogen and oxygen atoms in total. The summed E-state index contributed by atoms with van der Waals surface area (Å²) >= 11 is 0. The van der Waals surface area contributed by atoms with Gasteiger partial charge in [0, 0.05) is 18.1 Å². The third-order valence-electron chi connectivity index (χ3n) is 4.38. The molecular weight excluding hydrogens is 340 g/mol. The molecule has 2 N–H and O–H groups in total. The predicted octanol–water partition coefficient (Wildman–Crippen LogP) is 1.46. The second-order valence-electron chi connectivity index (χ2n) is 5.92. The minimum Gasteiger partial charge on any atom is -0.465 e. The summed E-state index contributed by atoms with van der Waals surface area (Å²) in [5.74, 6) is -0.647. The third kappa shape index (κ3) is 3.85. The molecule has 3 rings (SSSR count). The van der Waals surface area contributed by atoms with Gasteiger partial charge in [-0.2, -0.15) is 0 Å². The van der Waals surface area contributed by atoms with E-state index in [2.05, 4.69) is 14.8 Å². The molecule has 0 radical (unpaired) electrons. The van der Waals surface area contributed by atoms with E-state index in [1.54, 1.807) is 12.1 Å². The Morgan fingerprint density at radius 2 is 1.83 bits per heavy atom. The molecule has 0 saturated carbocycles. The van der Waals surface area contributed by atoms with Gasteiger partial charge in [-0.1, -0.05) is 12.1 Å². The quantitative estimate of drug-likeness (QED) is 0.794. The first kappa shape index (κ1) is 18.2. The lowest BCUT2D eigenvalue weighted by molar-refractivity contribution is 0.0596. The number of benzene rings is 1. The van der Waals surface area contributed by atoms with E-state index in [0.717, 1.165) is 25.7 Å². The first-order valence-electron chi connectivity index (χ1n) is 7.45. The zero-order chi connectivity index (χ0) is 15.7. The molecule has 2 aliphatic rings. The van der Waals surface area contributed by atoms with E-state index in [1.165, 1.54) is 19.2 Å². The van der Waals surface area contributed by atoms with Gasteiger partial charge in [0.05, 0.1) is 17.6 Å². The zero-order valence-electron chi connectivity index (χ0n) is 12.8. The van der Waals surface area contributed by atoms with Crippen LogP contribution >= 0.6 is 12.4 Å². The smallest absolute Gasteiger partial charge is 0.339 e. The Bertz CT molecular complexity index is 668. The van der Waals surface area contributed by atoms with Crippen LogP contribution in [-0.2, 0) is 14.8 Å². The number of ether oxygens (including phenoxy) is 1. The molecule has 1 aromatic rings. The molecule has 0 spiro atoms. The molecule has 2 unspecified atom stereocenters. The van der Waals surface area contributed by atoms with E-state index in [0.29, 0.717) is 12.1 Å². The largest absolute Gasteiger partial charge is 0.465 e. The van der Waals surface area contributed by atoms with E-state index in [4.69, 9.17) is 0 Å². The van der Waals surface area contributed by atoms with E-state index in [9.17, 15) is 13.2 Å². The topological polar surface area (TPSA) is 84.5 Å². The van der Waals surface area contributed by atoms with Crippen molar-refractivity contribution in [3.05, 3.63) is 29.8 Å². The molecule has 0 aliphatic carbocycles. The minimum atomic E-state index is -3.74. The summed E-state index contributed by atoms with van der Waals surface area (Å²) in [6, 6.07) is 6.82. The molecule has 0 aromatic heterocycles. The standard InChI is InChI=1S/C15H20N2O4S.ClH/c1-21-15(18)13-4-2-3-5-14(13)22(19,20)17-12-8-10-6-7-11(9-12)16-10;/h2-5,10-12,16-17H,6-9H2,1H3;1H. The summed E-state index contributed by atoms with van der Waals surface area (Å²) in [5, 5.41) is 3.48. The number of carbonyl (C=O) groups is 1. The number of hydrogen-bond donors (Lipinski definition) is 2. The van der Waals surface area contributed by atoms with Gasteiger partial charge in [-0.25, -0.2) is 17.9 Å². The van der Waals surface area contributed by atoms with Gasteiger partial charge in [0.2, 0.25) is 10.0 Å². The van der Waals surface area contributed by atoms with Crippen LogP contribution in [0.3, 0.4) is 0 Å². The van der Waals surface area contributed by atoms with Crippen LogP contribution in [0.15, 0.2) is 29.2 Å². The normalized spacial score (nSPS) is 26.4. The maximum atomic E-state index is 12.6. The SMILES string of the molecule is COC(=O)c1ccccc1S(=O)(=O)NC1CC2CCC(C1)N2.Cl. The molecule has 2 bridgehead atoms. The van der Waals surface area contributed by atoms with Crippen molar-refractivity contribution in [1.82, 2.24) is 10.0 Å². The first-order chi connectivity index (χ1) is 10.5. The van der Waals surface area contributed by atoms with Crippen molar-refractivity contribution < 1.29 is 17.9 Å². The molecule has 2 heterocycles. The fourth-order valence-corrected chi connectivity index (χ4v) is 4.87. The zero-order valence-corrected chi connectivity index (χ0v) is 14.5. The highest BCUT2D eigenvalue weighted by Gasteiger charge is 2.36. The first-order valence-corrected chi connectivity index (χ1v) is 8.93. The summed E-state index contributed by atoms with van der Waals surface area (Å²) in [5.41, 5.74) is 0.0643. The Hall–Kier alpha value is -1.15. The molecule has 128 valence electrons. The second-order valence-corrected chi connectivity index (χ2v) is 7.60. The van der Waals surface area contributed by atoms with Crippen molar-refractivity contribution in [3.63, 3.8) is 0 Å². The Morgan fingerprint density at radius 3 is 2.43 bits per heavy atom. The lowest BCUT2D eigenvalue weighted by Gasteiger charge is -2.29. The van der Waals surface area contributed by atoms with Crippen LogP contribution in [-0.4, -0.2) is 39.6 Å². The Morgan fingerprint density at radius 1 is 1.22 bits per heavy atom. The number of nitrogens with one attached hydrogen (secondary N) is 2. The van der Waals surface area contributed by atoms with Crippen LogP contribution in [0.5, 0.6) is 0 Å². The molecule has 2 saturated heterocycles. The monoisotopic (exact) mass is 360 g/mol. The van der Waals surface area contributed by atoms with E-state index in [-0.39, 0.29) is 28.9 Å².